The normalized spacial score (nSPS) is 28.0. The zero-order valence-electron chi connectivity index (χ0n) is 73.4. The minimum atomic E-state index is -0.166. The van der Waals surface area contributed by atoms with Crippen molar-refractivity contribution in [3.8, 4) is 0 Å². The van der Waals surface area contributed by atoms with E-state index >= 15 is 0 Å². The number of carbonyl (C=O) groups excluding carboxylic acids is 5. The van der Waals surface area contributed by atoms with E-state index in [0.29, 0.717) is 102 Å². The summed E-state index contributed by atoms with van der Waals surface area (Å²) < 4.78 is 16.8. The maximum absolute atomic E-state index is 12.1. The number of rotatable bonds is 32. The Morgan fingerprint density at radius 2 is 0.741 bits per heavy atom. The van der Waals surface area contributed by atoms with Gasteiger partial charge in [-0.25, -0.2) is 0 Å². The largest absolute Gasteiger partial charge is 0.379 e. The molecule has 0 aromatic carbocycles. The summed E-state index contributed by atoms with van der Waals surface area (Å²) in [4.78, 5) is 57.5. The Morgan fingerprint density at radius 1 is 0.398 bits per heavy atom. The van der Waals surface area contributed by atoms with Crippen molar-refractivity contribution in [2.75, 3.05) is 72.1 Å². The number of hydrogen-bond acceptors (Lipinski definition) is 17. The maximum atomic E-state index is 12.1. The molecule has 3 amide bonds. The van der Waals surface area contributed by atoms with E-state index in [1.165, 1.54) is 109 Å². The lowest BCUT2D eigenvalue weighted by Crippen LogP contribution is -2.41. The van der Waals surface area contributed by atoms with Crippen LogP contribution in [0, 0.1) is 106 Å². The minimum Gasteiger partial charge on any atom is -0.379 e. The van der Waals surface area contributed by atoms with E-state index in [1.807, 2.05) is 55.4 Å². The first-order chi connectivity index (χ1) is 50.7. The summed E-state index contributed by atoms with van der Waals surface area (Å²) in [5, 5.41) is 12.3. The van der Waals surface area contributed by atoms with Gasteiger partial charge in [0, 0.05) is 105 Å². The monoisotopic (exact) mass is 1530 g/mol. The lowest BCUT2D eigenvalue weighted by Gasteiger charge is -2.28. The third-order valence-corrected chi connectivity index (χ3v) is 24.6. The zero-order chi connectivity index (χ0) is 81.9. The molecular weight excluding hydrogens is 1350 g/mol. The predicted octanol–water partition coefficient (Wildman–Crippen LogP) is 13.1. The van der Waals surface area contributed by atoms with Crippen LogP contribution in [0.2, 0.25) is 0 Å². The summed E-state index contributed by atoms with van der Waals surface area (Å²) in [7, 11) is 0. The van der Waals surface area contributed by atoms with Crippen LogP contribution in [0.5, 0.6) is 0 Å². The molecule has 0 aromatic heterocycles. The van der Waals surface area contributed by atoms with Gasteiger partial charge in [-0.05, 0) is 319 Å². The topological polar surface area (TPSA) is 369 Å². The molecule has 16 atom stereocenters. The van der Waals surface area contributed by atoms with Crippen molar-refractivity contribution in [3.05, 3.63) is 0 Å². The second-order valence-electron chi connectivity index (χ2n) is 38.0. The third kappa shape index (κ3) is 46.6. The summed E-state index contributed by atoms with van der Waals surface area (Å²) in [6.07, 6.45) is 32.0. The van der Waals surface area contributed by atoms with Crippen LogP contribution in [0.3, 0.4) is 0 Å². The summed E-state index contributed by atoms with van der Waals surface area (Å²) in [5.41, 5.74) is 45.5. The van der Waals surface area contributed by atoms with E-state index in [1.54, 1.807) is 0 Å². The second kappa shape index (κ2) is 56.5. The van der Waals surface area contributed by atoms with Crippen LogP contribution in [0.15, 0.2) is 0 Å². The van der Waals surface area contributed by atoms with Crippen molar-refractivity contribution in [2.24, 2.45) is 152 Å². The van der Waals surface area contributed by atoms with Gasteiger partial charge < -0.3 is 81.3 Å². The summed E-state index contributed by atoms with van der Waals surface area (Å²) in [5.74, 6) is 10.6. The second-order valence-corrected chi connectivity index (χ2v) is 38.0. The summed E-state index contributed by atoms with van der Waals surface area (Å²) in [6, 6.07) is 1.16. The predicted molar refractivity (Wildman–Crippen MR) is 452 cm³/mol. The van der Waals surface area contributed by atoms with E-state index in [2.05, 4.69) is 104 Å². The number of nitrogens with two attached hydrogens (primary N) is 8. The highest BCUT2D eigenvalue weighted by atomic mass is 16.5. The van der Waals surface area contributed by atoms with Crippen LogP contribution in [0.25, 0.3) is 0 Å². The van der Waals surface area contributed by atoms with Crippen molar-refractivity contribution in [1.29, 1.82) is 0 Å². The zero-order valence-corrected chi connectivity index (χ0v) is 73.4. The van der Waals surface area contributed by atoms with Gasteiger partial charge in [0.25, 0.3) is 0 Å². The first kappa shape index (κ1) is 103. The first-order valence-corrected chi connectivity index (χ1v) is 44.0. The molecule has 108 heavy (non-hydrogen) atoms. The quantitative estimate of drug-likeness (QED) is 0.0298. The maximum Gasteiger partial charge on any atom is 0.222 e. The van der Waals surface area contributed by atoms with Crippen LogP contribution >= 0.6 is 0 Å². The molecule has 0 radical (unpaired) electrons. The standard InChI is InChI=1S/C14H27NO.C12H25N3O.2C11H22N2O.C11H21NO.2C10H21NO.C9H19NO/c1-10(2)14(3,4)13(16)8-6-11-5-7-12(15)9-11;1-8(2)11(16)15-7-10-5-9(6-14-10)12(3,4)13;2*1-8(2)11(14)13-7-10-4-3-9(5-10)6-12;1-8(2)11(13)6-4-9-3-5-10(12)7-9;2*1-8(2)12-7-10-4-3-9(5-10)6-11;1-7(2)11-9-4-3-8(5-9)6-10/h10-12H,5-9,15H2,1-4H3;8-10,14H,5-7,13H2,1-4H3,(H,15,16);2*8-10H,3-7,12H2,1-2H3,(H,13,14);8-10H,3-7,12H2,1-2H3;2*8-10H,3-7,11H2,1-2H3;7-9H,3-6,10H2,1-2H3/t11-,12-;9?,10-;9-,10+;2*9-,10-;9-,10+;9-,10-;8-,9+/m10101100/s1. The van der Waals surface area contributed by atoms with Crippen molar-refractivity contribution in [2.45, 2.75) is 353 Å². The van der Waals surface area contributed by atoms with E-state index < -0.39 is 0 Å². The molecule has 0 bridgehead atoms. The van der Waals surface area contributed by atoms with E-state index in [0.717, 1.165) is 159 Å². The van der Waals surface area contributed by atoms with Gasteiger partial charge in [0.1, 0.15) is 11.6 Å². The Labute approximate surface area is 663 Å². The highest BCUT2D eigenvalue weighted by molar-refractivity contribution is 5.84. The highest BCUT2D eigenvalue weighted by Crippen LogP contribution is 2.36. The number of amides is 3. The number of ether oxygens (including phenoxy) is 3. The molecule has 7 aliphatic carbocycles. The van der Waals surface area contributed by atoms with Gasteiger partial charge in [-0.3, -0.25) is 24.0 Å². The molecule has 638 valence electrons. The van der Waals surface area contributed by atoms with Gasteiger partial charge in [0.15, 0.2) is 0 Å². The van der Waals surface area contributed by atoms with Crippen molar-refractivity contribution >= 4 is 29.3 Å². The molecule has 0 aromatic rings. The number of Topliss-reactive ketones (excluding diaryl/α,β-unsaturated/α-hetero) is 2. The van der Waals surface area contributed by atoms with Crippen LogP contribution < -0.4 is 67.1 Å². The molecule has 7 saturated carbocycles. The number of carbonyl (C=O) groups is 5. The lowest BCUT2D eigenvalue weighted by molar-refractivity contribution is -0.129. The third-order valence-electron chi connectivity index (χ3n) is 24.6. The highest BCUT2D eigenvalue weighted by Gasteiger charge is 2.35. The van der Waals surface area contributed by atoms with E-state index in [9.17, 15) is 24.0 Å². The fraction of sp³-hybridized carbons (Fsp3) is 0.943. The lowest BCUT2D eigenvalue weighted by atomic mass is 9.75. The Kier molecular flexibility index (Phi) is 54.0. The molecule has 20 N–H and O–H groups in total. The van der Waals surface area contributed by atoms with Crippen molar-refractivity contribution < 1.29 is 38.2 Å². The molecule has 8 rings (SSSR count). The number of nitrogens with one attached hydrogen (secondary N) is 4. The molecule has 1 aliphatic heterocycles. The average molecular weight is 1530 g/mol. The van der Waals surface area contributed by atoms with Gasteiger partial charge in [-0.1, -0.05) is 83.1 Å². The van der Waals surface area contributed by atoms with Gasteiger partial charge in [0.2, 0.25) is 17.7 Å². The Hall–Kier alpha value is -2.73. The Balaban J connectivity index is 0.000000619. The number of ketones is 2. The Bertz CT molecular complexity index is 2280. The van der Waals surface area contributed by atoms with Crippen LogP contribution in [0.1, 0.15) is 305 Å². The molecule has 8 aliphatic rings. The van der Waals surface area contributed by atoms with Gasteiger partial charge in [0.05, 0.1) is 24.4 Å². The minimum absolute atomic E-state index is 0.0585. The molecule has 20 heteroatoms. The van der Waals surface area contributed by atoms with Gasteiger partial charge in [-0.2, -0.15) is 0 Å². The first-order valence-electron chi connectivity index (χ1n) is 44.0. The smallest absolute Gasteiger partial charge is 0.222 e. The van der Waals surface area contributed by atoms with Crippen molar-refractivity contribution in [3.63, 3.8) is 0 Å². The molecule has 0 spiro atoms. The molecular formula is C88H178N12O8. The Morgan fingerprint density at radius 3 is 1.05 bits per heavy atom. The molecule has 20 nitrogen and oxygen atoms in total. The summed E-state index contributed by atoms with van der Waals surface area (Å²) in [6.45, 7) is 49.9. The van der Waals surface area contributed by atoms with Gasteiger partial charge >= 0.3 is 0 Å². The molecule has 1 saturated heterocycles. The van der Waals surface area contributed by atoms with Crippen molar-refractivity contribution in [1.82, 2.24) is 21.3 Å². The fourth-order valence-corrected chi connectivity index (χ4v) is 15.9. The van der Waals surface area contributed by atoms with E-state index in [4.69, 9.17) is 60.1 Å². The van der Waals surface area contributed by atoms with Gasteiger partial charge in [-0.15, -0.1) is 0 Å². The van der Waals surface area contributed by atoms with Crippen LogP contribution in [-0.2, 0) is 38.2 Å². The molecule has 8 fully saturated rings. The fourth-order valence-electron chi connectivity index (χ4n) is 15.9. The molecule has 1 heterocycles. The molecule has 1 unspecified atom stereocenters. The summed E-state index contributed by atoms with van der Waals surface area (Å²) >= 11 is 0. The SMILES string of the molecule is CC(C)C(=O)CC[C@H]1CC[C@@H](N)C1.CC(C)C(=O)NC[C@@H]1CC(C(C)(C)N)CN1.CC(C)C(=O)NC[C@H]1CC[C@@H](CN)C1.CC(C)C(=O)NC[C@H]1CC[C@H](CN)C1.CC(C)C(C)(C)C(=O)CC[C@H]1CC[C@@H](N)C1.CC(C)OC[C@H]1CC[C@@H](CN)C1.CC(C)OC[C@H]1CC[C@H](CN)C1.CC(C)O[C@@H]1CC[C@H](CN)C1. The van der Waals surface area contributed by atoms with Crippen LogP contribution in [0.4, 0.5) is 0 Å². The number of hydrogen-bond donors (Lipinski definition) is 12. The average Bonchev–Trinajstić information content (AvgIpc) is 1.34. The van der Waals surface area contributed by atoms with Crippen LogP contribution in [-0.4, -0.2) is 149 Å². The van der Waals surface area contributed by atoms with E-state index in [-0.39, 0.29) is 52.3 Å².